The van der Waals surface area contributed by atoms with Crippen LogP contribution in [-0.4, -0.2) is 31.3 Å². The molecular formula is C19H16N2O3. The molecule has 5 nitrogen and oxygen atoms in total. The molecule has 3 aromatic rings. The van der Waals surface area contributed by atoms with E-state index in [9.17, 15) is 0 Å². The molecule has 0 aliphatic heterocycles. The molecule has 0 unspecified atom stereocenters. The Kier molecular flexibility index (Phi) is 4.48. The molecule has 2 aromatic carbocycles. The van der Waals surface area contributed by atoms with Crippen LogP contribution in [0.15, 0.2) is 42.7 Å². The van der Waals surface area contributed by atoms with E-state index in [4.69, 9.17) is 14.2 Å². The van der Waals surface area contributed by atoms with Crippen molar-refractivity contribution in [2.24, 2.45) is 0 Å². The quantitative estimate of drug-likeness (QED) is 0.694. The van der Waals surface area contributed by atoms with Gasteiger partial charge in [0.25, 0.3) is 0 Å². The van der Waals surface area contributed by atoms with E-state index in [1.807, 2.05) is 36.4 Å². The third-order valence-corrected chi connectivity index (χ3v) is 3.55. The van der Waals surface area contributed by atoms with Gasteiger partial charge in [-0.3, -0.25) is 0 Å². The number of rotatable bonds is 3. The van der Waals surface area contributed by atoms with E-state index in [-0.39, 0.29) is 0 Å². The molecule has 1 heterocycles. The van der Waals surface area contributed by atoms with Gasteiger partial charge < -0.3 is 14.2 Å². The fourth-order valence-corrected chi connectivity index (χ4v) is 2.38. The first-order valence-electron chi connectivity index (χ1n) is 7.28. The van der Waals surface area contributed by atoms with Crippen molar-refractivity contribution >= 4 is 10.9 Å². The predicted molar refractivity (Wildman–Crippen MR) is 91.6 cm³/mol. The maximum absolute atomic E-state index is 5.36. The summed E-state index contributed by atoms with van der Waals surface area (Å²) in [7, 11) is 4.80. The average Bonchev–Trinajstić information content (AvgIpc) is 2.65. The molecule has 0 aliphatic carbocycles. The maximum atomic E-state index is 5.36. The summed E-state index contributed by atoms with van der Waals surface area (Å²) >= 11 is 0. The second-order valence-electron chi connectivity index (χ2n) is 4.90. The molecule has 120 valence electrons. The molecule has 0 aliphatic rings. The number of methoxy groups -OCH3 is 3. The third-order valence-electron chi connectivity index (χ3n) is 3.55. The Bertz CT molecular complexity index is 920. The molecular weight excluding hydrogens is 304 g/mol. The first-order chi connectivity index (χ1) is 11.8. The molecule has 0 saturated heterocycles. The summed E-state index contributed by atoms with van der Waals surface area (Å²) in [4.78, 5) is 8.34. The summed E-state index contributed by atoms with van der Waals surface area (Å²) in [5.74, 6) is 8.12. The third kappa shape index (κ3) is 2.95. The van der Waals surface area contributed by atoms with E-state index in [2.05, 4.69) is 21.8 Å². The minimum Gasteiger partial charge on any atom is -0.495 e. The lowest BCUT2D eigenvalue weighted by atomic mass is 10.1. The maximum Gasteiger partial charge on any atom is 0.224 e. The van der Waals surface area contributed by atoms with Gasteiger partial charge in [-0.1, -0.05) is 17.9 Å². The van der Waals surface area contributed by atoms with Gasteiger partial charge in [-0.25, -0.2) is 9.97 Å². The van der Waals surface area contributed by atoms with E-state index in [1.54, 1.807) is 21.3 Å². The number of nitrogens with zero attached hydrogens (tertiary/aromatic N) is 2. The van der Waals surface area contributed by atoms with Gasteiger partial charge in [0.15, 0.2) is 0 Å². The number of hydrogen-bond acceptors (Lipinski definition) is 5. The van der Waals surface area contributed by atoms with Gasteiger partial charge in [-0.05, 0) is 30.3 Å². The zero-order valence-electron chi connectivity index (χ0n) is 13.7. The van der Waals surface area contributed by atoms with Crippen molar-refractivity contribution in [1.82, 2.24) is 9.97 Å². The molecule has 0 atom stereocenters. The first-order valence-corrected chi connectivity index (χ1v) is 7.28. The van der Waals surface area contributed by atoms with Gasteiger partial charge in [0, 0.05) is 5.56 Å². The highest BCUT2D eigenvalue weighted by Gasteiger charge is 2.07. The zero-order chi connectivity index (χ0) is 16.9. The van der Waals surface area contributed by atoms with Crippen LogP contribution in [0.4, 0.5) is 0 Å². The molecule has 1 aromatic heterocycles. The standard InChI is InChI=1S/C19H16N2O3/c1-22-17-5-4-6-18(23-2)14(17)9-7-13-8-10-16-15(11-13)19(24-3)21-12-20-16/h4-6,8,10-12H,1-3H3. The fourth-order valence-electron chi connectivity index (χ4n) is 2.38. The Hall–Kier alpha value is -3.26. The smallest absolute Gasteiger partial charge is 0.224 e. The molecule has 3 rings (SSSR count). The van der Waals surface area contributed by atoms with Crippen molar-refractivity contribution in [3.8, 4) is 29.2 Å². The van der Waals surface area contributed by atoms with Gasteiger partial charge in [0.2, 0.25) is 5.88 Å². The van der Waals surface area contributed by atoms with Gasteiger partial charge >= 0.3 is 0 Å². The van der Waals surface area contributed by atoms with E-state index in [0.29, 0.717) is 22.9 Å². The van der Waals surface area contributed by atoms with Crippen LogP contribution in [0.25, 0.3) is 10.9 Å². The highest BCUT2D eigenvalue weighted by Crippen LogP contribution is 2.27. The summed E-state index contributed by atoms with van der Waals surface area (Å²) in [6, 6.07) is 11.3. The van der Waals surface area contributed by atoms with Crippen LogP contribution < -0.4 is 14.2 Å². The predicted octanol–water partition coefficient (Wildman–Crippen LogP) is 3.06. The molecule has 5 heteroatoms. The highest BCUT2D eigenvalue weighted by atomic mass is 16.5. The number of fused-ring (bicyclic) bond motifs is 1. The Balaban J connectivity index is 2.08. The Morgan fingerprint density at radius 3 is 2.25 bits per heavy atom. The van der Waals surface area contributed by atoms with Crippen LogP contribution in [0.5, 0.6) is 17.4 Å². The second kappa shape index (κ2) is 6.88. The molecule has 0 radical (unpaired) electrons. The van der Waals surface area contributed by atoms with Gasteiger partial charge in [0.05, 0.1) is 32.2 Å². The molecule has 0 fully saturated rings. The molecule has 0 spiro atoms. The lowest BCUT2D eigenvalue weighted by Crippen LogP contribution is -1.93. The molecule has 0 saturated carbocycles. The summed E-state index contributed by atoms with van der Waals surface area (Å²) in [6.07, 6.45) is 1.48. The van der Waals surface area contributed by atoms with Gasteiger partial charge in [-0.15, -0.1) is 0 Å². The van der Waals surface area contributed by atoms with Crippen molar-refractivity contribution < 1.29 is 14.2 Å². The van der Waals surface area contributed by atoms with Crippen molar-refractivity contribution in [1.29, 1.82) is 0 Å². The van der Waals surface area contributed by atoms with Crippen molar-refractivity contribution in [3.63, 3.8) is 0 Å². The first kappa shape index (κ1) is 15.6. The molecule has 0 amide bonds. The largest absolute Gasteiger partial charge is 0.495 e. The summed E-state index contributed by atoms with van der Waals surface area (Å²) < 4.78 is 16.0. The highest BCUT2D eigenvalue weighted by molar-refractivity contribution is 5.84. The van der Waals surface area contributed by atoms with Crippen molar-refractivity contribution in [2.45, 2.75) is 0 Å². The number of aromatic nitrogens is 2. The number of hydrogen-bond donors (Lipinski definition) is 0. The van der Waals surface area contributed by atoms with E-state index in [1.165, 1.54) is 6.33 Å². The average molecular weight is 320 g/mol. The second-order valence-corrected chi connectivity index (χ2v) is 4.90. The van der Waals surface area contributed by atoms with E-state index in [0.717, 1.165) is 16.5 Å². The number of benzene rings is 2. The van der Waals surface area contributed by atoms with Crippen LogP contribution in [0.1, 0.15) is 11.1 Å². The van der Waals surface area contributed by atoms with Crippen LogP contribution in [-0.2, 0) is 0 Å². The number of ether oxygens (including phenoxy) is 3. The normalized spacial score (nSPS) is 9.96. The molecule has 24 heavy (non-hydrogen) atoms. The van der Waals surface area contributed by atoms with Crippen LogP contribution in [0.3, 0.4) is 0 Å². The SMILES string of the molecule is COc1cccc(OC)c1C#Cc1ccc2ncnc(OC)c2c1. The monoisotopic (exact) mass is 320 g/mol. The van der Waals surface area contributed by atoms with Crippen molar-refractivity contribution in [2.75, 3.05) is 21.3 Å². The van der Waals surface area contributed by atoms with E-state index >= 15 is 0 Å². The summed E-state index contributed by atoms with van der Waals surface area (Å²) in [5.41, 5.74) is 2.34. The van der Waals surface area contributed by atoms with Crippen molar-refractivity contribution in [3.05, 3.63) is 53.9 Å². The van der Waals surface area contributed by atoms with E-state index < -0.39 is 0 Å². The topological polar surface area (TPSA) is 53.5 Å². The Morgan fingerprint density at radius 2 is 1.58 bits per heavy atom. The van der Waals surface area contributed by atoms with Crippen LogP contribution >= 0.6 is 0 Å². The van der Waals surface area contributed by atoms with Crippen LogP contribution in [0, 0.1) is 11.8 Å². The van der Waals surface area contributed by atoms with Gasteiger partial charge in [-0.2, -0.15) is 0 Å². The lowest BCUT2D eigenvalue weighted by Gasteiger charge is -2.07. The van der Waals surface area contributed by atoms with Gasteiger partial charge in [0.1, 0.15) is 23.4 Å². The summed E-state index contributed by atoms with van der Waals surface area (Å²) in [6.45, 7) is 0. The zero-order valence-corrected chi connectivity index (χ0v) is 13.7. The fraction of sp³-hybridized carbons (Fsp3) is 0.158. The molecule has 0 bridgehead atoms. The van der Waals surface area contributed by atoms with Crippen LogP contribution in [0.2, 0.25) is 0 Å². The Labute approximate surface area is 140 Å². The Morgan fingerprint density at radius 1 is 0.833 bits per heavy atom. The molecule has 0 N–H and O–H groups in total. The minimum absolute atomic E-state index is 0.526. The minimum atomic E-state index is 0.526. The lowest BCUT2D eigenvalue weighted by molar-refractivity contribution is 0.392. The summed E-state index contributed by atoms with van der Waals surface area (Å²) in [5, 5.41) is 0.818.